The minimum absolute atomic E-state index is 0.143. The summed E-state index contributed by atoms with van der Waals surface area (Å²) < 4.78 is 0. The molecule has 0 atom stereocenters. The molecule has 1 aromatic rings. The molecule has 0 saturated heterocycles. The molecule has 0 saturated carbocycles. The second-order valence-electron chi connectivity index (χ2n) is 2.38. The predicted molar refractivity (Wildman–Crippen MR) is 41.0 cm³/mol. The number of aromatic nitrogens is 2. The molecule has 0 aromatic carbocycles. The van der Waals surface area contributed by atoms with Crippen molar-refractivity contribution in [1.29, 1.82) is 0 Å². The third kappa shape index (κ3) is 2.95. The lowest BCUT2D eigenvalue weighted by Crippen LogP contribution is -2.20. The topological polar surface area (TPSA) is 57.8 Å². The van der Waals surface area contributed by atoms with Gasteiger partial charge in [-0.1, -0.05) is 0 Å². The lowest BCUT2D eigenvalue weighted by molar-refractivity contribution is -0.116. The number of nitrogens with one attached hydrogen (secondary N) is 2. The van der Waals surface area contributed by atoms with E-state index in [1.807, 2.05) is 0 Å². The van der Waals surface area contributed by atoms with Gasteiger partial charge in [0, 0.05) is 18.4 Å². The summed E-state index contributed by atoms with van der Waals surface area (Å²) in [6.07, 6.45) is 3.35. The minimum atomic E-state index is 0.143. The van der Waals surface area contributed by atoms with Crippen LogP contribution in [0.15, 0.2) is 12.5 Å². The van der Waals surface area contributed by atoms with Crippen LogP contribution in [-0.2, 0) is 11.3 Å². The molecule has 4 nitrogen and oxygen atoms in total. The van der Waals surface area contributed by atoms with Gasteiger partial charge >= 0.3 is 0 Å². The van der Waals surface area contributed by atoms with Gasteiger partial charge in [0.1, 0.15) is 5.78 Å². The lowest BCUT2D eigenvalue weighted by atomic mass is 10.4. The van der Waals surface area contributed by atoms with E-state index < -0.39 is 0 Å². The summed E-state index contributed by atoms with van der Waals surface area (Å²) in [6, 6.07) is 0. The highest BCUT2D eigenvalue weighted by atomic mass is 16.1. The van der Waals surface area contributed by atoms with Crippen LogP contribution in [-0.4, -0.2) is 22.3 Å². The van der Waals surface area contributed by atoms with Crippen LogP contribution in [0.25, 0.3) is 0 Å². The van der Waals surface area contributed by atoms with Gasteiger partial charge in [-0.3, -0.25) is 4.79 Å². The molecule has 1 rings (SSSR count). The molecule has 2 N–H and O–H groups in total. The molecule has 60 valence electrons. The molecule has 0 aliphatic carbocycles. The third-order valence-corrected chi connectivity index (χ3v) is 1.24. The standard InChI is InChI=1S/C7H11N3O/c1-6(11)2-8-3-7-4-9-5-10-7/h4-5,8H,2-3H2,1H3,(H,9,10). The molecule has 11 heavy (non-hydrogen) atoms. The van der Waals surface area contributed by atoms with Crippen LogP contribution in [0, 0.1) is 0 Å². The van der Waals surface area contributed by atoms with Crippen molar-refractivity contribution in [2.75, 3.05) is 6.54 Å². The summed E-state index contributed by atoms with van der Waals surface area (Å²) in [4.78, 5) is 17.2. The third-order valence-electron chi connectivity index (χ3n) is 1.24. The van der Waals surface area contributed by atoms with Crippen molar-refractivity contribution in [2.45, 2.75) is 13.5 Å². The molecule has 1 aromatic heterocycles. The fourth-order valence-electron chi connectivity index (χ4n) is 0.755. The molecule has 0 fully saturated rings. The monoisotopic (exact) mass is 153 g/mol. The number of Topliss-reactive ketones (excluding diaryl/α,β-unsaturated/α-hetero) is 1. The quantitative estimate of drug-likeness (QED) is 0.644. The smallest absolute Gasteiger partial charge is 0.143 e. The van der Waals surface area contributed by atoms with Crippen molar-refractivity contribution >= 4 is 5.78 Å². The van der Waals surface area contributed by atoms with Crippen molar-refractivity contribution in [3.05, 3.63) is 18.2 Å². The van der Waals surface area contributed by atoms with Crippen LogP contribution in [0.1, 0.15) is 12.6 Å². The molecule has 0 bridgehead atoms. The number of nitrogens with zero attached hydrogens (tertiary/aromatic N) is 1. The Morgan fingerprint density at radius 2 is 2.64 bits per heavy atom. The molecular formula is C7H11N3O. The number of imidazole rings is 1. The number of rotatable bonds is 4. The van der Waals surface area contributed by atoms with Crippen LogP contribution in [0.4, 0.5) is 0 Å². The maximum absolute atomic E-state index is 10.5. The lowest BCUT2D eigenvalue weighted by Gasteiger charge is -1.97. The van der Waals surface area contributed by atoms with Crippen LogP contribution in [0.3, 0.4) is 0 Å². The van der Waals surface area contributed by atoms with Gasteiger partial charge in [-0.25, -0.2) is 4.98 Å². The fraction of sp³-hybridized carbons (Fsp3) is 0.429. The van der Waals surface area contributed by atoms with Gasteiger partial charge in [-0.2, -0.15) is 0 Å². The first-order chi connectivity index (χ1) is 5.29. The second-order valence-corrected chi connectivity index (χ2v) is 2.38. The zero-order chi connectivity index (χ0) is 8.10. The summed E-state index contributed by atoms with van der Waals surface area (Å²) in [5, 5.41) is 2.97. The van der Waals surface area contributed by atoms with Crippen LogP contribution in [0.2, 0.25) is 0 Å². The number of aromatic amines is 1. The number of hydrogen-bond donors (Lipinski definition) is 2. The van der Waals surface area contributed by atoms with E-state index in [4.69, 9.17) is 0 Å². The van der Waals surface area contributed by atoms with Crippen molar-refractivity contribution in [1.82, 2.24) is 15.3 Å². The highest BCUT2D eigenvalue weighted by Gasteiger charge is 1.93. The van der Waals surface area contributed by atoms with Crippen molar-refractivity contribution in [2.24, 2.45) is 0 Å². The Kier molecular flexibility index (Phi) is 2.80. The number of carbonyl (C=O) groups excluding carboxylic acids is 1. The van der Waals surface area contributed by atoms with E-state index in [1.54, 1.807) is 19.4 Å². The van der Waals surface area contributed by atoms with Gasteiger partial charge in [0.15, 0.2) is 0 Å². The fourth-order valence-corrected chi connectivity index (χ4v) is 0.755. The average molecular weight is 153 g/mol. The first-order valence-corrected chi connectivity index (χ1v) is 3.46. The Hall–Kier alpha value is -1.16. The molecule has 4 heteroatoms. The predicted octanol–water partition coefficient (Wildman–Crippen LogP) is 0.0883. The minimum Gasteiger partial charge on any atom is -0.347 e. The van der Waals surface area contributed by atoms with Gasteiger partial charge in [0.05, 0.1) is 12.9 Å². The molecule has 0 spiro atoms. The highest BCUT2D eigenvalue weighted by Crippen LogP contribution is 1.87. The van der Waals surface area contributed by atoms with Gasteiger partial charge in [-0.15, -0.1) is 0 Å². The van der Waals surface area contributed by atoms with E-state index in [9.17, 15) is 4.79 Å². The summed E-state index contributed by atoms with van der Waals surface area (Å²) >= 11 is 0. The van der Waals surface area contributed by atoms with Crippen molar-refractivity contribution in [3.8, 4) is 0 Å². The molecule has 0 radical (unpaired) electrons. The van der Waals surface area contributed by atoms with Crippen LogP contribution >= 0.6 is 0 Å². The molecule has 1 heterocycles. The second kappa shape index (κ2) is 3.88. The molecular weight excluding hydrogens is 142 g/mol. The Morgan fingerprint density at radius 3 is 3.18 bits per heavy atom. The van der Waals surface area contributed by atoms with Crippen molar-refractivity contribution < 1.29 is 4.79 Å². The first-order valence-electron chi connectivity index (χ1n) is 3.46. The van der Waals surface area contributed by atoms with Crippen LogP contribution < -0.4 is 5.32 Å². The largest absolute Gasteiger partial charge is 0.347 e. The van der Waals surface area contributed by atoms with E-state index in [0.717, 1.165) is 5.69 Å². The molecule has 0 aliphatic heterocycles. The zero-order valence-electron chi connectivity index (χ0n) is 6.42. The van der Waals surface area contributed by atoms with E-state index in [-0.39, 0.29) is 5.78 Å². The zero-order valence-corrected chi connectivity index (χ0v) is 6.42. The summed E-state index contributed by atoms with van der Waals surface area (Å²) in [6.45, 7) is 2.64. The van der Waals surface area contributed by atoms with E-state index >= 15 is 0 Å². The SMILES string of the molecule is CC(=O)CNCc1cnc[nH]1. The van der Waals surface area contributed by atoms with Crippen LogP contribution in [0.5, 0.6) is 0 Å². The number of carbonyl (C=O) groups is 1. The van der Waals surface area contributed by atoms with Gasteiger partial charge in [0.2, 0.25) is 0 Å². The summed E-state index contributed by atoms with van der Waals surface area (Å²) in [5.41, 5.74) is 0.992. The Labute approximate surface area is 65.0 Å². The van der Waals surface area contributed by atoms with E-state index in [0.29, 0.717) is 13.1 Å². The van der Waals surface area contributed by atoms with Gasteiger partial charge in [0.25, 0.3) is 0 Å². The maximum Gasteiger partial charge on any atom is 0.143 e. The average Bonchev–Trinajstić information content (AvgIpc) is 2.39. The highest BCUT2D eigenvalue weighted by molar-refractivity contribution is 5.77. The van der Waals surface area contributed by atoms with Gasteiger partial charge < -0.3 is 10.3 Å². The summed E-state index contributed by atoms with van der Waals surface area (Å²) in [5.74, 6) is 0.143. The number of ketones is 1. The Morgan fingerprint density at radius 1 is 1.82 bits per heavy atom. The summed E-state index contributed by atoms with van der Waals surface area (Å²) in [7, 11) is 0. The molecule has 0 unspecified atom stereocenters. The van der Waals surface area contributed by atoms with Gasteiger partial charge in [-0.05, 0) is 6.92 Å². The molecule has 0 aliphatic rings. The Bertz CT molecular complexity index is 218. The first kappa shape index (κ1) is 7.94. The number of H-pyrrole nitrogens is 1. The normalized spacial score (nSPS) is 9.91. The Balaban J connectivity index is 2.19. The number of hydrogen-bond acceptors (Lipinski definition) is 3. The van der Waals surface area contributed by atoms with Crippen molar-refractivity contribution in [3.63, 3.8) is 0 Å². The van der Waals surface area contributed by atoms with E-state index in [2.05, 4.69) is 15.3 Å². The maximum atomic E-state index is 10.5. The van der Waals surface area contributed by atoms with E-state index in [1.165, 1.54) is 0 Å². The molecule has 0 amide bonds.